The Balaban J connectivity index is 1.46. The Kier molecular flexibility index (Phi) is 14.3. The monoisotopic (exact) mass is 759 g/mol. The summed E-state index contributed by atoms with van der Waals surface area (Å²) in [6.45, 7) is 12.0. The Labute approximate surface area is 303 Å². The van der Waals surface area contributed by atoms with E-state index in [1.807, 2.05) is 0 Å². The SMILES string of the molecule is CC(C)OC(=O)[C@H](C)NP(=O)(CNc1ncnc2c1ncn2C[C@@H](C)OCP(=O)(N[C@@H](C)C(=O)OC(C)C)Oc1ccccc1)Oc1ccccc1. The number of carbonyl (C=O) groups excluding carboxylic acids is 2. The van der Waals surface area contributed by atoms with Crippen molar-refractivity contribution in [3.8, 4) is 11.5 Å². The predicted molar refractivity (Wildman–Crippen MR) is 196 cm³/mol. The molecule has 2 aromatic carbocycles. The van der Waals surface area contributed by atoms with Crippen molar-refractivity contribution in [2.45, 2.75) is 85.4 Å². The predicted octanol–water partition coefficient (Wildman–Crippen LogP) is 5.96. The van der Waals surface area contributed by atoms with Gasteiger partial charge in [-0.3, -0.25) is 18.7 Å². The van der Waals surface area contributed by atoms with Crippen LogP contribution in [0, 0.1) is 0 Å². The lowest BCUT2D eigenvalue weighted by Gasteiger charge is -2.25. The maximum absolute atomic E-state index is 14.1. The maximum Gasteiger partial charge on any atom is 0.342 e. The molecule has 0 aliphatic heterocycles. The number of benzene rings is 2. The van der Waals surface area contributed by atoms with Gasteiger partial charge in [-0.25, -0.2) is 25.1 Å². The lowest BCUT2D eigenvalue weighted by Crippen LogP contribution is -2.37. The van der Waals surface area contributed by atoms with E-state index in [0.717, 1.165) is 0 Å². The number of hydrogen-bond acceptors (Lipinski definition) is 13. The molecule has 0 saturated carbocycles. The quantitative estimate of drug-likeness (QED) is 0.0705. The number of ether oxygens (including phenoxy) is 3. The number of nitrogens with one attached hydrogen (secondary N) is 3. The van der Waals surface area contributed by atoms with Crippen molar-refractivity contribution < 1.29 is 42.0 Å². The number of anilines is 1. The van der Waals surface area contributed by atoms with E-state index in [2.05, 4.69) is 30.4 Å². The molecular formula is C34H47N7O9P2. The van der Waals surface area contributed by atoms with Crippen LogP contribution < -0.4 is 24.5 Å². The highest BCUT2D eigenvalue weighted by molar-refractivity contribution is 7.57. The van der Waals surface area contributed by atoms with Crippen molar-refractivity contribution >= 4 is 44.0 Å². The first-order chi connectivity index (χ1) is 24.6. The second-order valence-corrected chi connectivity index (χ2v) is 16.7. The minimum Gasteiger partial charge on any atom is -0.462 e. The number of nitrogens with zero attached hydrogens (tertiary/aromatic N) is 4. The van der Waals surface area contributed by atoms with Crippen molar-refractivity contribution in [2.24, 2.45) is 0 Å². The number of hydrogen-bond donors (Lipinski definition) is 3. The van der Waals surface area contributed by atoms with Crippen LogP contribution >= 0.6 is 15.0 Å². The summed E-state index contributed by atoms with van der Waals surface area (Å²) in [5.74, 6) is -0.186. The summed E-state index contributed by atoms with van der Waals surface area (Å²) in [4.78, 5) is 38.2. The van der Waals surface area contributed by atoms with E-state index in [4.69, 9.17) is 23.3 Å². The second-order valence-electron chi connectivity index (χ2n) is 12.6. The molecule has 2 unspecified atom stereocenters. The van der Waals surface area contributed by atoms with Crippen LogP contribution in [0.3, 0.4) is 0 Å². The van der Waals surface area contributed by atoms with Crippen molar-refractivity contribution in [3.05, 3.63) is 73.3 Å². The van der Waals surface area contributed by atoms with Gasteiger partial charge in [0.2, 0.25) is 0 Å². The topological polar surface area (TPSA) is 194 Å². The fourth-order valence-corrected chi connectivity index (χ4v) is 8.25. The number of imidazole rings is 1. The van der Waals surface area contributed by atoms with E-state index < -0.39 is 45.2 Å². The number of rotatable bonds is 20. The molecule has 0 bridgehead atoms. The van der Waals surface area contributed by atoms with Gasteiger partial charge >= 0.3 is 27.0 Å². The van der Waals surface area contributed by atoms with Crippen molar-refractivity contribution in [1.29, 1.82) is 0 Å². The minimum atomic E-state index is -3.78. The Bertz CT molecular complexity index is 1860. The van der Waals surface area contributed by atoms with Gasteiger partial charge < -0.3 is 33.1 Å². The average molecular weight is 760 g/mol. The van der Waals surface area contributed by atoms with Crippen molar-refractivity contribution in [1.82, 2.24) is 29.7 Å². The lowest BCUT2D eigenvalue weighted by molar-refractivity contribution is -0.149. The van der Waals surface area contributed by atoms with Gasteiger partial charge in [-0.05, 0) is 72.7 Å². The average Bonchev–Trinajstić information content (AvgIpc) is 3.49. The molecule has 0 saturated heterocycles. The largest absolute Gasteiger partial charge is 0.462 e. The van der Waals surface area contributed by atoms with E-state index in [1.165, 1.54) is 6.33 Å². The number of aromatic nitrogens is 4. The van der Waals surface area contributed by atoms with Gasteiger partial charge in [-0.2, -0.15) is 0 Å². The van der Waals surface area contributed by atoms with E-state index in [9.17, 15) is 18.7 Å². The number of carbonyl (C=O) groups is 2. The molecule has 282 valence electrons. The molecule has 0 radical (unpaired) electrons. The summed E-state index contributed by atoms with van der Waals surface area (Å²) in [5.41, 5.74) is 0.825. The fourth-order valence-electron chi connectivity index (χ4n) is 4.74. The van der Waals surface area contributed by atoms with E-state index in [0.29, 0.717) is 22.7 Å². The van der Waals surface area contributed by atoms with Gasteiger partial charge in [0.05, 0.1) is 31.2 Å². The van der Waals surface area contributed by atoms with Gasteiger partial charge in [-0.1, -0.05) is 36.4 Å². The second kappa shape index (κ2) is 18.4. The van der Waals surface area contributed by atoms with Crippen LogP contribution in [0.15, 0.2) is 73.3 Å². The summed E-state index contributed by atoms with van der Waals surface area (Å²) in [6.07, 6.45) is 1.04. The van der Waals surface area contributed by atoms with Crippen LogP contribution in [0.2, 0.25) is 0 Å². The molecule has 52 heavy (non-hydrogen) atoms. The van der Waals surface area contributed by atoms with Crippen molar-refractivity contribution in [2.75, 3.05) is 18.0 Å². The van der Waals surface area contributed by atoms with E-state index in [-0.39, 0.29) is 37.2 Å². The minimum absolute atomic E-state index is 0.246. The Hall–Kier alpha value is -4.33. The molecular weight excluding hydrogens is 712 g/mol. The van der Waals surface area contributed by atoms with Crippen LogP contribution in [-0.2, 0) is 39.5 Å². The highest BCUT2D eigenvalue weighted by atomic mass is 31.2. The highest BCUT2D eigenvalue weighted by Gasteiger charge is 2.33. The third-order valence-electron chi connectivity index (χ3n) is 7.02. The molecule has 2 heterocycles. The molecule has 18 heteroatoms. The lowest BCUT2D eigenvalue weighted by atomic mass is 10.3. The molecule has 0 amide bonds. The van der Waals surface area contributed by atoms with Gasteiger partial charge in [0, 0.05) is 0 Å². The Morgan fingerprint density at radius 2 is 1.25 bits per heavy atom. The normalized spacial score (nSPS) is 15.6. The first-order valence-corrected chi connectivity index (χ1v) is 20.4. The molecule has 0 aliphatic rings. The molecule has 0 fully saturated rings. The van der Waals surface area contributed by atoms with Crippen LogP contribution in [0.1, 0.15) is 48.5 Å². The van der Waals surface area contributed by atoms with E-state index >= 15 is 0 Å². The van der Waals surface area contributed by atoms with Gasteiger partial charge in [0.15, 0.2) is 11.5 Å². The zero-order chi connectivity index (χ0) is 37.9. The van der Waals surface area contributed by atoms with E-state index in [1.54, 1.807) is 120 Å². The number of para-hydroxylation sites is 2. The first kappa shape index (κ1) is 40.4. The molecule has 3 N–H and O–H groups in total. The van der Waals surface area contributed by atoms with Gasteiger partial charge in [-0.15, -0.1) is 0 Å². The summed E-state index contributed by atoms with van der Waals surface area (Å²) < 4.78 is 58.1. The first-order valence-electron chi connectivity index (χ1n) is 16.8. The summed E-state index contributed by atoms with van der Waals surface area (Å²) in [7, 11) is -7.55. The molecule has 5 atom stereocenters. The Morgan fingerprint density at radius 3 is 1.79 bits per heavy atom. The van der Waals surface area contributed by atoms with Gasteiger partial charge in [0.25, 0.3) is 0 Å². The van der Waals surface area contributed by atoms with Crippen LogP contribution in [0.25, 0.3) is 11.2 Å². The summed E-state index contributed by atoms with van der Waals surface area (Å²) in [6, 6.07) is 15.3. The summed E-state index contributed by atoms with van der Waals surface area (Å²) >= 11 is 0. The molecule has 0 spiro atoms. The van der Waals surface area contributed by atoms with Crippen LogP contribution in [0.4, 0.5) is 5.82 Å². The number of esters is 2. The smallest absolute Gasteiger partial charge is 0.342 e. The molecule has 4 rings (SSSR count). The van der Waals surface area contributed by atoms with Crippen LogP contribution in [0.5, 0.6) is 11.5 Å². The third-order valence-corrected chi connectivity index (χ3v) is 10.7. The fraction of sp³-hybridized carbons (Fsp3) is 0.441. The maximum atomic E-state index is 14.1. The van der Waals surface area contributed by atoms with Gasteiger partial charge in [0.1, 0.15) is 48.1 Å². The molecule has 16 nitrogen and oxygen atoms in total. The third kappa shape index (κ3) is 12.1. The summed E-state index contributed by atoms with van der Waals surface area (Å²) in [5, 5.41) is 8.65. The molecule has 0 aliphatic carbocycles. The molecule has 2 aromatic heterocycles. The zero-order valence-corrected chi connectivity index (χ0v) is 32.1. The zero-order valence-electron chi connectivity index (χ0n) is 30.3. The Morgan fingerprint density at radius 1 is 0.731 bits per heavy atom. The standard InChI is InChI=1S/C34H47N7O9P2/c1-23(2)47-33(42)26(6)39-51(44,49-28-14-10-8-11-15-28)21-38-31-30-32(36-19-35-31)41(20-37-30)18-25(5)46-22-52(45,50-29-16-12-9-13-17-29)40-27(7)34(43)48-24(3)4/h8-17,19-20,23-27H,18,21-22H2,1-7H3,(H,39,44)(H,40,45)(H,35,36,38)/t25-,26+,27+,51?,52?/m1/s1. The van der Waals surface area contributed by atoms with Crippen LogP contribution in [-0.4, -0.2) is 74.5 Å². The molecule has 4 aromatic rings. The number of fused-ring (bicyclic) bond motifs is 1. The highest BCUT2D eigenvalue weighted by Crippen LogP contribution is 2.45. The van der Waals surface area contributed by atoms with Crippen molar-refractivity contribution in [3.63, 3.8) is 0 Å².